The molecule has 1 atom stereocenters. The van der Waals surface area contributed by atoms with Gasteiger partial charge in [-0.25, -0.2) is 4.39 Å². The van der Waals surface area contributed by atoms with Gasteiger partial charge in [-0.2, -0.15) is 0 Å². The van der Waals surface area contributed by atoms with Crippen LogP contribution in [0.1, 0.15) is 12.5 Å². The minimum absolute atomic E-state index is 0.0991. The molecule has 5 nitrogen and oxygen atoms in total. The Kier molecular flexibility index (Phi) is 7.47. The molecular weight excluding hydrogens is 357 g/mol. The van der Waals surface area contributed by atoms with E-state index in [0.29, 0.717) is 0 Å². The molecule has 2 aromatic rings. The average molecular weight is 377 g/mol. The minimum Gasteiger partial charge on any atom is -0.497 e. The lowest BCUT2D eigenvalue weighted by atomic mass is 10.2. The Hall–Kier alpha value is -2.54. The van der Waals surface area contributed by atoms with Crippen LogP contribution in [0.5, 0.6) is 5.75 Å². The first kappa shape index (κ1) is 19.8. The van der Waals surface area contributed by atoms with Crippen LogP contribution < -0.4 is 10.1 Å². The highest BCUT2D eigenvalue weighted by Crippen LogP contribution is 2.21. The van der Waals surface area contributed by atoms with E-state index in [1.165, 1.54) is 30.8 Å². The lowest BCUT2D eigenvalue weighted by Gasteiger charge is -2.13. The van der Waals surface area contributed by atoms with Crippen molar-refractivity contribution < 1.29 is 23.5 Å². The summed E-state index contributed by atoms with van der Waals surface area (Å²) in [6, 6.07) is 13.1. The average Bonchev–Trinajstić information content (AvgIpc) is 2.66. The van der Waals surface area contributed by atoms with Gasteiger partial charge in [0.05, 0.1) is 12.9 Å². The molecule has 138 valence electrons. The van der Waals surface area contributed by atoms with Crippen LogP contribution in [0.3, 0.4) is 0 Å². The summed E-state index contributed by atoms with van der Waals surface area (Å²) in [5, 5.41) is 2.65. The molecule has 0 aliphatic carbocycles. The molecular formula is C19H20FNO4S. The number of hydrogen-bond donors (Lipinski definition) is 1. The predicted octanol–water partition coefficient (Wildman–Crippen LogP) is 3.17. The Labute approximate surface area is 155 Å². The third-order valence-corrected chi connectivity index (χ3v) is 4.46. The Balaban J connectivity index is 1.72. The highest BCUT2D eigenvalue weighted by Gasteiger charge is 2.17. The van der Waals surface area contributed by atoms with Gasteiger partial charge in [0, 0.05) is 11.4 Å². The molecule has 1 N–H and O–H groups in total. The zero-order valence-electron chi connectivity index (χ0n) is 14.5. The van der Waals surface area contributed by atoms with Crippen LogP contribution in [0.15, 0.2) is 53.4 Å². The van der Waals surface area contributed by atoms with Crippen LogP contribution >= 0.6 is 11.8 Å². The molecule has 0 aliphatic heterocycles. The number of rotatable bonds is 8. The number of benzene rings is 2. The van der Waals surface area contributed by atoms with Crippen LogP contribution in [0.4, 0.5) is 4.39 Å². The minimum atomic E-state index is -0.903. The van der Waals surface area contributed by atoms with Crippen molar-refractivity contribution in [2.24, 2.45) is 0 Å². The highest BCUT2D eigenvalue weighted by atomic mass is 32.2. The van der Waals surface area contributed by atoms with E-state index in [9.17, 15) is 14.0 Å². The molecule has 0 spiro atoms. The monoisotopic (exact) mass is 377 g/mol. The van der Waals surface area contributed by atoms with Crippen LogP contribution in [-0.4, -0.2) is 30.8 Å². The van der Waals surface area contributed by atoms with Crippen LogP contribution in [-0.2, 0) is 20.9 Å². The molecule has 0 bridgehead atoms. The molecule has 0 fully saturated rings. The number of carbonyl (C=O) groups excluding carboxylic acids is 2. The molecule has 1 amide bonds. The first-order valence-electron chi connectivity index (χ1n) is 7.96. The fraction of sp³-hybridized carbons (Fsp3) is 0.263. The standard InChI is InChI=1S/C19H20FNO4S/c1-13(19(23)21-11-14-3-5-15(20)6-4-14)25-18(22)12-26-17-9-7-16(24-2)8-10-17/h3-10,13H,11-12H2,1-2H3,(H,21,23)/t13-/m0/s1. The Morgan fingerprint density at radius 1 is 1.12 bits per heavy atom. The zero-order valence-corrected chi connectivity index (χ0v) is 15.3. The van der Waals surface area contributed by atoms with E-state index < -0.39 is 18.0 Å². The Morgan fingerprint density at radius 3 is 2.38 bits per heavy atom. The van der Waals surface area contributed by atoms with Gasteiger partial charge in [-0.05, 0) is 48.9 Å². The largest absolute Gasteiger partial charge is 0.497 e. The van der Waals surface area contributed by atoms with Crippen molar-refractivity contribution in [3.05, 3.63) is 59.9 Å². The van der Waals surface area contributed by atoms with Crippen molar-refractivity contribution in [1.82, 2.24) is 5.32 Å². The molecule has 0 radical (unpaired) electrons. The molecule has 0 aliphatic rings. The number of halogens is 1. The van der Waals surface area contributed by atoms with Crippen molar-refractivity contribution in [3.63, 3.8) is 0 Å². The van der Waals surface area contributed by atoms with Crippen LogP contribution in [0, 0.1) is 5.82 Å². The second kappa shape index (κ2) is 9.82. The summed E-state index contributed by atoms with van der Waals surface area (Å²) in [5.74, 6) is -0.380. The van der Waals surface area contributed by atoms with Crippen molar-refractivity contribution in [3.8, 4) is 5.75 Å². The molecule has 0 saturated heterocycles. The number of methoxy groups -OCH3 is 1. The first-order valence-corrected chi connectivity index (χ1v) is 8.95. The van der Waals surface area contributed by atoms with Gasteiger partial charge >= 0.3 is 5.97 Å². The van der Waals surface area contributed by atoms with Gasteiger partial charge < -0.3 is 14.8 Å². The number of esters is 1. The molecule has 0 heterocycles. The summed E-state index contributed by atoms with van der Waals surface area (Å²) in [7, 11) is 1.59. The Morgan fingerprint density at radius 2 is 1.77 bits per heavy atom. The molecule has 26 heavy (non-hydrogen) atoms. The van der Waals surface area contributed by atoms with Gasteiger partial charge in [-0.1, -0.05) is 12.1 Å². The van der Waals surface area contributed by atoms with E-state index in [4.69, 9.17) is 9.47 Å². The molecule has 2 aromatic carbocycles. The number of ether oxygens (including phenoxy) is 2. The summed E-state index contributed by atoms with van der Waals surface area (Å²) >= 11 is 1.32. The van der Waals surface area contributed by atoms with Gasteiger partial charge in [0.15, 0.2) is 6.10 Å². The Bertz CT molecular complexity index is 734. The maximum absolute atomic E-state index is 12.8. The van der Waals surface area contributed by atoms with E-state index >= 15 is 0 Å². The quantitative estimate of drug-likeness (QED) is 0.565. The van der Waals surface area contributed by atoms with E-state index in [1.54, 1.807) is 31.4 Å². The summed E-state index contributed by atoms with van der Waals surface area (Å²) in [4.78, 5) is 24.8. The first-order chi connectivity index (χ1) is 12.5. The van der Waals surface area contributed by atoms with Crippen LogP contribution in [0.2, 0.25) is 0 Å². The second-order valence-electron chi connectivity index (χ2n) is 5.44. The number of hydrogen-bond acceptors (Lipinski definition) is 5. The van der Waals surface area contributed by atoms with E-state index in [1.807, 2.05) is 12.1 Å². The van der Waals surface area contributed by atoms with Gasteiger partial charge in [-0.3, -0.25) is 9.59 Å². The predicted molar refractivity (Wildman–Crippen MR) is 97.5 cm³/mol. The van der Waals surface area contributed by atoms with Crippen LogP contribution in [0.25, 0.3) is 0 Å². The third-order valence-electron chi connectivity index (χ3n) is 3.47. The van der Waals surface area contributed by atoms with Gasteiger partial charge in [-0.15, -0.1) is 11.8 Å². The highest BCUT2D eigenvalue weighted by molar-refractivity contribution is 8.00. The maximum atomic E-state index is 12.8. The number of nitrogens with one attached hydrogen (secondary N) is 1. The molecule has 2 rings (SSSR count). The van der Waals surface area contributed by atoms with Crippen molar-refractivity contribution >= 4 is 23.6 Å². The van der Waals surface area contributed by atoms with E-state index in [2.05, 4.69) is 5.32 Å². The van der Waals surface area contributed by atoms with Crippen molar-refractivity contribution in [2.45, 2.75) is 24.5 Å². The summed E-state index contributed by atoms with van der Waals surface area (Å²) in [5.41, 5.74) is 0.758. The third kappa shape index (κ3) is 6.40. The number of amides is 1. The van der Waals surface area contributed by atoms with Gasteiger partial charge in [0.25, 0.3) is 5.91 Å². The van der Waals surface area contributed by atoms with Crippen molar-refractivity contribution in [2.75, 3.05) is 12.9 Å². The fourth-order valence-electron chi connectivity index (χ4n) is 2.03. The molecule has 0 aromatic heterocycles. The van der Waals surface area contributed by atoms with E-state index in [0.717, 1.165) is 16.2 Å². The lowest BCUT2D eigenvalue weighted by molar-refractivity contribution is -0.152. The number of carbonyl (C=O) groups is 2. The zero-order chi connectivity index (χ0) is 18.9. The molecule has 7 heteroatoms. The van der Waals surface area contributed by atoms with E-state index in [-0.39, 0.29) is 18.1 Å². The summed E-state index contributed by atoms with van der Waals surface area (Å²) in [6.07, 6.45) is -0.903. The van der Waals surface area contributed by atoms with Gasteiger partial charge in [0.2, 0.25) is 0 Å². The van der Waals surface area contributed by atoms with Crippen molar-refractivity contribution in [1.29, 1.82) is 0 Å². The topological polar surface area (TPSA) is 64.6 Å². The lowest BCUT2D eigenvalue weighted by Crippen LogP contribution is -2.35. The van der Waals surface area contributed by atoms with Gasteiger partial charge in [0.1, 0.15) is 11.6 Å². The molecule has 0 unspecified atom stereocenters. The molecule has 0 saturated carbocycles. The normalized spacial score (nSPS) is 11.5. The SMILES string of the molecule is COc1ccc(SCC(=O)O[C@@H](C)C(=O)NCc2ccc(F)cc2)cc1. The fourth-order valence-corrected chi connectivity index (χ4v) is 2.72. The summed E-state index contributed by atoms with van der Waals surface area (Å²) < 4.78 is 23.0. The summed E-state index contributed by atoms with van der Waals surface area (Å²) in [6.45, 7) is 1.75. The smallest absolute Gasteiger partial charge is 0.317 e. The number of thioether (sulfide) groups is 1. The maximum Gasteiger partial charge on any atom is 0.317 e. The second-order valence-corrected chi connectivity index (χ2v) is 6.49.